The lowest BCUT2D eigenvalue weighted by Crippen LogP contribution is -2.46. The molecule has 1 fully saturated rings. The number of nitrogens with two attached hydrogens (primary N) is 1. The van der Waals surface area contributed by atoms with Crippen LogP contribution in [0.4, 0.5) is 0 Å². The standard InChI is InChI=1S/C8H14N2O2/c1-5-3-8(5,6(2)11)10-7(12)4-9/h5H,3-4,9H2,1-2H3,(H,10,12)/t5?,8-/m1/s1. The second-order valence-electron chi connectivity index (χ2n) is 3.39. The van der Waals surface area contributed by atoms with E-state index in [1.165, 1.54) is 6.92 Å². The van der Waals surface area contributed by atoms with Crippen molar-refractivity contribution < 1.29 is 9.59 Å². The molecule has 2 atom stereocenters. The third-order valence-electron chi connectivity index (χ3n) is 2.49. The third-order valence-corrected chi connectivity index (χ3v) is 2.49. The number of nitrogens with one attached hydrogen (secondary N) is 1. The van der Waals surface area contributed by atoms with E-state index < -0.39 is 5.54 Å². The number of carbonyl (C=O) groups is 2. The van der Waals surface area contributed by atoms with Crippen molar-refractivity contribution in [1.29, 1.82) is 0 Å². The number of ketones is 1. The first-order valence-corrected chi connectivity index (χ1v) is 4.05. The molecule has 0 aromatic heterocycles. The predicted octanol–water partition coefficient (Wildman–Crippen LogP) is -0.571. The van der Waals surface area contributed by atoms with Crippen molar-refractivity contribution in [3.8, 4) is 0 Å². The molecule has 1 rings (SSSR count). The molecule has 0 aromatic rings. The van der Waals surface area contributed by atoms with Gasteiger partial charge in [-0.15, -0.1) is 0 Å². The van der Waals surface area contributed by atoms with Gasteiger partial charge in [-0.05, 0) is 19.3 Å². The lowest BCUT2D eigenvalue weighted by molar-refractivity contribution is -0.127. The zero-order valence-corrected chi connectivity index (χ0v) is 7.39. The fourth-order valence-electron chi connectivity index (χ4n) is 1.48. The Bertz CT molecular complexity index is 227. The molecule has 1 amide bonds. The maximum atomic E-state index is 11.1. The van der Waals surface area contributed by atoms with Gasteiger partial charge in [0.25, 0.3) is 0 Å². The van der Waals surface area contributed by atoms with Crippen LogP contribution in [0.15, 0.2) is 0 Å². The molecule has 1 aliphatic rings. The van der Waals surface area contributed by atoms with Gasteiger partial charge < -0.3 is 11.1 Å². The van der Waals surface area contributed by atoms with E-state index in [4.69, 9.17) is 5.73 Å². The molecule has 1 aliphatic carbocycles. The topological polar surface area (TPSA) is 72.2 Å². The third kappa shape index (κ3) is 1.34. The smallest absolute Gasteiger partial charge is 0.234 e. The molecular weight excluding hydrogens is 156 g/mol. The molecule has 0 bridgehead atoms. The molecule has 0 spiro atoms. The van der Waals surface area contributed by atoms with Crippen molar-refractivity contribution in [3.63, 3.8) is 0 Å². The van der Waals surface area contributed by atoms with Crippen LogP contribution in [-0.2, 0) is 9.59 Å². The lowest BCUT2D eigenvalue weighted by atomic mass is 10.1. The summed E-state index contributed by atoms with van der Waals surface area (Å²) in [6, 6.07) is 0. The Morgan fingerprint density at radius 2 is 2.17 bits per heavy atom. The van der Waals surface area contributed by atoms with E-state index in [1.807, 2.05) is 6.92 Å². The zero-order chi connectivity index (χ0) is 9.35. The Morgan fingerprint density at radius 3 is 2.42 bits per heavy atom. The Hall–Kier alpha value is -0.900. The first-order valence-electron chi connectivity index (χ1n) is 4.05. The van der Waals surface area contributed by atoms with Gasteiger partial charge in [-0.3, -0.25) is 9.59 Å². The van der Waals surface area contributed by atoms with E-state index in [-0.39, 0.29) is 24.2 Å². The number of hydrogen-bond acceptors (Lipinski definition) is 3. The lowest BCUT2D eigenvalue weighted by Gasteiger charge is -2.14. The maximum absolute atomic E-state index is 11.1. The van der Waals surface area contributed by atoms with Crippen LogP contribution in [0.5, 0.6) is 0 Å². The van der Waals surface area contributed by atoms with Gasteiger partial charge in [-0.1, -0.05) is 6.92 Å². The summed E-state index contributed by atoms with van der Waals surface area (Å²) in [4.78, 5) is 22.1. The molecular formula is C8H14N2O2. The van der Waals surface area contributed by atoms with Gasteiger partial charge in [0, 0.05) is 0 Å². The molecule has 3 N–H and O–H groups in total. The van der Waals surface area contributed by atoms with Crippen LogP contribution in [0, 0.1) is 5.92 Å². The van der Waals surface area contributed by atoms with Gasteiger partial charge in [-0.25, -0.2) is 0 Å². The first-order chi connectivity index (χ1) is 5.53. The second kappa shape index (κ2) is 2.86. The molecule has 1 saturated carbocycles. The molecule has 0 aliphatic heterocycles. The van der Waals surface area contributed by atoms with Crippen molar-refractivity contribution >= 4 is 11.7 Å². The maximum Gasteiger partial charge on any atom is 0.234 e. The highest BCUT2D eigenvalue weighted by molar-refractivity contribution is 5.94. The number of Topliss-reactive ketones (excluding diaryl/α,β-unsaturated/α-hetero) is 1. The van der Waals surface area contributed by atoms with Crippen LogP contribution < -0.4 is 11.1 Å². The minimum absolute atomic E-state index is 0.0248. The molecule has 0 aromatic carbocycles. The fourth-order valence-corrected chi connectivity index (χ4v) is 1.48. The van der Waals surface area contributed by atoms with Crippen molar-refractivity contribution in [3.05, 3.63) is 0 Å². The van der Waals surface area contributed by atoms with E-state index in [0.29, 0.717) is 0 Å². The monoisotopic (exact) mass is 170 g/mol. The first kappa shape index (κ1) is 9.19. The fraction of sp³-hybridized carbons (Fsp3) is 0.750. The van der Waals surface area contributed by atoms with Crippen LogP contribution in [0.1, 0.15) is 20.3 Å². The van der Waals surface area contributed by atoms with Gasteiger partial charge >= 0.3 is 0 Å². The predicted molar refractivity (Wildman–Crippen MR) is 44.4 cm³/mol. The van der Waals surface area contributed by atoms with E-state index in [9.17, 15) is 9.59 Å². The highest BCUT2D eigenvalue weighted by Crippen LogP contribution is 2.43. The van der Waals surface area contributed by atoms with Crippen LogP contribution in [0.3, 0.4) is 0 Å². The number of carbonyl (C=O) groups excluding carboxylic acids is 2. The molecule has 4 nitrogen and oxygen atoms in total. The van der Waals surface area contributed by atoms with Crippen molar-refractivity contribution in [1.82, 2.24) is 5.32 Å². The SMILES string of the molecule is CC(=O)[C@@]1(NC(=O)CN)CC1C. The molecule has 1 unspecified atom stereocenters. The number of amides is 1. The van der Waals surface area contributed by atoms with Crippen molar-refractivity contribution in [2.45, 2.75) is 25.8 Å². The van der Waals surface area contributed by atoms with Crippen molar-refractivity contribution in [2.24, 2.45) is 11.7 Å². The number of hydrogen-bond donors (Lipinski definition) is 2. The minimum atomic E-state index is -0.587. The molecule has 68 valence electrons. The van der Waals surface area contributed by atoms with E-state index in [0.717, 1.165) is 6.42 Å². The second-order valence-corrected chi connectivity index (χ2v) is 3.39. The van der Waals surface area contributed by atoms with E-state index in [2.05, 4.69) is 5.32 Å². The number of rotatable bonds is 3. The van der Waals surface area contributed by atoms with E-state index in [1.54, 1.807) is 0 Å². The summed E-state index contributed by atoms with van der Waals surface area (Å²) in [5.41, 5.74) is 4.54. The largest absolute Gasteiger partial charge is 0.342 e. The van der Waals surface area contributed by atoms with E-state index >= 15 is 0 Å². The molecule has 4 heteroatoms. The van der Waals surface area contributed by atoms with Crippen LogP contribution in [0.2, 0.25) is 0 Å². The zero-order valence-electron chi connectivity index (χ0n) is 7.39. The Morgan fingerprint density at radius 1 is 1.67 bits per heavy atom. The summed E-state index contributed by atoms with van der Waals surface area (Å²) in [5.74, 6) is 0.0249. The summed E-state index contributed by atoms with van der Waals surface area (Å²) < 4.78 is 0. The summed E-state index contributed by atoms with van der Waals surface area (Å²) >= 11 is 0. The van der Waals surface area contributed by atoms with Crippen LogP contribution in [0.25, 0.3) is 0 Å². The Labute approximate surface area is 71.5 Å². The summed E-state index contributed by atoms with van der Waals surface area (Å²) in [6.45, 7) is 3.39. The molecule has 0 saturated heterocycles. The Kier molecular flexibility index (Phi) is 2.19. The quantitative estimate of drug-likeness (QED) is 0.595. The highest BCUT2D eigenvalue weighted by Gasteiger charge is 2.56. The normalized spacial score (nSPS) is 32.8. The van der Waals surface area contributed by atoms with Gasteiger partial charge in [0.1, 0.15) is 5.54 Å². The average molecular weight is 170 g/mol. The van der Waals surface area contributed by atoms with Gasteiger partial charge in [0.05, 0.1) is 6.54 Å². The van der Waals surface area contributed by atoms with Crippen LogP contribution >= 0.6 is 0 Å². The Balaban J connectivity index is 2.60. The molecule has 12 heavy (non-hydrogen) atoms. The summed E-state index contributed by atoms with van der Waals surface area (Å²) in [7, 11) is 0. The molecule has 0 radical (unpaired) electrons. The molecule has 0 heterocycles. The summed E-state index contributed by atoms with van der Waals surface area (Å²) in [6.07, 6.45) is 0.744. The van der Waals surface area contributed by atoms with Crippen LogP contribution in [-0.4, -0.2) is 23.8 Å². The highest BCUT2D eigenvalue weighted by atomic mass is 16.2. The van der Waals surface area contributed by atoms with Gasteiger partial charge in [-0.2, -0.15) is 0 Å². The van der Waals surface area contributed by atoms with Gasteiger partial charge in [0.15, 0.2) is 5.78 Å². The van der Waals surface area contributed by atoms with Crippen molar-refractivity contribution in [2.75, 3.05) is 6.54 Å². The van der Waals surface area contributed by atoms with Gasteiger partial charge in [0.2, 0.25) is 5.91 Å². The summed E-state index contributed by atoms with van der Waals surface area (Å²) in [5, 5.41) is 2.65. The minimum Gasteiger partial charge on any atom is -0.342 e. The average Bonchev–Trinajstić information content (AvgIpc) is 2.63.